The van der Waals surface area contributed by atoms with Gasteiger partial charge in [-0.2, -0.15) is 23.5 Å². The van der Waals surface area contributed by atoms with Crippen LogP contribution < -0.4 is 4.72 Å². The normalized spacial score (nSPS) is 19.6. The molecule has 2 N–H and O–H groups in total. The molecule has 4 nitrogen and oxygen atoms in total. The number of hydrogen-bond donors (Lipinski definition) is 2. The van der Waals surface area contributed by atoms with Gasteiger partial charge >= 0.3 is 0 Å². The molecule has 0 saturated carbocycles. The first-order chi connectivity index (χ1) is 10.1. The van der Waals surface area contributed by atoms with Crippen molar-refractivity contribution in [2.75, 3.05) is 30.4 Å². The highest BCUT2D eigenvalue weighted by atomic mass is 32.2. The second-order valence-electron chi connectivity index (χ2n) is 4.89. The van der Waals surface area contributed by atoms with E-state index in [-0.39, 0.29) is 6.61 Å². The fourth-order valence-corrected chi connectivity index (χ4v) is 5.86. The number of aliphatic hydroxyl groups is 1. The Hall–Kier alpha value is -0.210. The van der Waals surface area contributed by atoms with Crippen molar-refractivity contribution in [1.82, 2.24) is 4.72 Å². The number of rotatable bonds is 7. The van der Waals surface area contributed by atoms with Gasteiger partial charge in [-0.05, 0) is 30.5 Å². The van der Waals surface area contributed by atoms with Crippen molar-refractivity contribution in [1.29, 1.82) is 0 Å². The molecule has 0 spiro atoms. The maximum Gasteiger partial charge on any atom is 0.240 e. The summed E-state index contributed by atoms with van der Waals surface area (Å²) in [6, 6.07) is 6.90. The largest absolute Gasteiger partial charge is 0.396 e. The Labute approximate surface area is 135 Å². The Kier molecular flexibility index (Phi) is 6.88. The zero-order valence-electron chi connectivity index (χ0n) is 11.8. The fraction of sp³-hybridized carbons (Fsp3) is 0.571. The number of aliphatic hydroxyl groups excluding tert-OH is 1. The SMILES string of the molecule is O=S(=O)(NCC1CSCCS1)c1ccc(CCCO)cc1. The number of benzene rings is 1. The van der Waals surface area contributed by atoms with E-state index in [4.69, 9.17) is 5.11 Å². The van der Waals surface area contributed by atoms with E-state index in [1.165, 1.54) is 0 Å². The molecule has 1 aromatic rings. The zero-order valence-corrected chi connectivity index (χ0v) is 14.3. The first-order valence-corrected chi connectivity index (χ1v) is 10.7. The molecule has 21 heavy (non-hydrogen) atoms. The van der Waals surface area contributed by atoms with Crippen LogP contribution in [0.3, 0.4) is 0 Å². The van der Waals surface area contributed by atoms with E-state index in [1.54, 1.807) is 12.1 Å². The summed E-state index contributed by atoms with van der Waals surface area (Å²) in [5, 5.41) is 9.16. The molecule has 0 amide bonds. The second kappa shape index (κ2) is 8.43. The second-order valence-corrected chi connectivity index (χ2v) is 9.22. The lowest BCUT2D eigenvalue weighted by Crippen LogP contribution is -2.33. The standard InChI is InChI=1S/C14H21NO3S3/c16-7-1-2-12-3-5-14(6-4-12)21(17,18)15-10-13-11-19-8-9-20-13/h3-6,13,15-16H,1-2,7-11H2. The van der Waals surface area contributed by atoms with E-state index in [9.17, 15) is 8.42 Å². The summed E-state index contributed by atoms with van der Waals surface area (Å²) in [5.74, 6) is 3.26. The molecule has 1 unspecified atom stereocenters. The number of thioether (sulfide) groups is 2. The van der Waals surface area contributed by atoms with Gasteiger partial charge in [-0.15, -0.1) is 0 Å². The van der Waals surface area contributed by atoms with Gasteiger partial charge in [0, 0.05) is 35.7 Å². The van der Waals surface area contributed by atoms with Crippen LogP contribution in [0.4, 0.5) is 0 Å². The molecule has 0 aliphatic carbocycles. The van der Waals surface area contributed by atoms with E-state index in [0.717, 1.165) is 29.2 Å². The number of sulfonamides is 1. The topological polar surface area (TPSA) is 66.4 Å². The van der Waals surface area contributed by atoms with E-state index in [1.807, 2.05) is 35.7 Å². The van der Waals surface area contributed by atoms with Gasteiger partial charge in [-0.25, -0.2) is 13.1 Å². The van der Waals surface area contributed by atoms with Gasteiger partial charge in [-0.1, -0.05) is 12.1 Å². The molecule has 0 bridgehead atoms. The van der Waals surface area contributed by atoms with Crippen molar-refractivity contribution in [3.8, 4) is 0 Å². The molecule has 1 atom stereocenters. The minimum atomic E-state index is -3.42. The lowest BCUT2D eigenvalue weighted by Gasteiger charge is -2.21. The highest BCUT2D eigenvalue weighted by Gasteiger charge is 2.19. The molecule has 1 fully saturated rings. The highest BCUT2D eigenvalue weighted by Crippen LogP contribution is 2.23. The highest BCUT2D eigenvalue weighted by molar-refractivity contribution is 8.06. The molecule has 1 aliphatic rings. The molecule has 0 radical (unpaired) electrons. The number of aryl methyl sites for hydroxylation is 1. The van der Waals surface area contributed by atoms with Crippen molar-refractivity contribution in [2.24, 2.45) is 0 Å². The van der Waals surface area contributed by atoms with Crippen LogP contribution in [0, 0.1) is 0 Å². The Morgan fingerprint density at radius 1 is 1.24 bits per heavy atom. The van der Waals surface area contributed by atoms with Crippen LogP contribution in [0.15, 0.2) is 29.2 Å². The summed E-state index contributed by atoms with van der Waals surface area (Å²) < 4.78 is 27.2. The van der Waals surface area contributed by atoms with Crippen LogP contribution >= 0.6 is 23.5 Å². The number of nitrogens with one attached hydrogen (secondary N) is 1. The molecule has 1 aliphatic heterocycles. The fourth-order valence-electron chi connectivity index (χ4n) is 2.06. The zero-order chi connectivity index (χ0) is 15.1. The smallest absolute Gasteiger partial charge is 0.240 e. The van der Waals surface area contributed by atoms with Crippen LogP contribution in [-0.4, -0.2) is 49.2 Å². The molecule has 1 heterocycles. The van der Waals surface area contributed by atoms with Crippen LogP contribution in [0.1, 0.15) is 12.0 Å². The lowest BCUT2D eigenvalue weighted by molar-refractivity contribution is 0.288. The summed E-state index contributed by atoms with van der Waals surface area (Å²) in [6.07, 6.45) is 1.46. The third kappa shape index (κ3) is 5.49. The van der Waals surface area contributed by atoms with Crippen molar-refractivity contribution in [2.45, 2.75) is 23.0 Å². The Bertz CT molecular complexity index is 525. The average molecular weight is 348 g/mol. The maximum absolute atomic E-state index is 12.2. The molecule has 118 valence electrons. The van der Waals surface area contributed by atoms with Gasteiger partial charge in [0.1, 0.15) is 0 Å². The molecular formula is C14H21NO3S3. The quantitative estimate of drug-likeness (QED) is 0.786. The molecule has 1 saturated heterocycles. The predicted octanol–water partition coefficient (Wildman–Crippen LogP) is 1.74. The summed E-state index contributed by atoms with van der Waals surface area (Å²) >= 11 is 3.72. The summed E-state index contributed by atoms with van der Waals surface area (Å²) in [4.78, 5) is 0.309. The molecule has 7 heteroatoms. The van der Waals surface area contributed by atoms with Crippen LogP contribution in [-0.2, 0) is 16.4 Å². The third-order valence-corrected chi connectivity index (χ3v) is 7.53. The van der Waals surface area contributed by atoms with E-state index in [2.05, 4.69) is 4.72 Å². The van der Waals surface area contributed by atoms with Crippen molar-refractivity contribution in [3.05, 3.63) is 29.8 Å². The van der Waals surface area contributed by atoms with E-state index in [0.29, 0.717) is 23.1 Å². The molecule has 0 aromatic heterocycles. The van der Waals surface area contributed by atoms with Crippen molar-refractivity contribution < 1.29 is 13.5 Å². The van der Waals surface area contributed by atoms with Crippen molar-refractivity contribution >= 4 is 33.5 Å². The average Bonchev–Trinajstić information content (AvgIpc) is 2.52. The lowest BCUT2D eigenvalue weighted by atomic mass is 10.1. The molecular weight excluding hydrogens is 326 g/mol. The number of hydrogen-bond acceptors (Lipinski definition) is 5. The Balaban J connectivity index is 1.91. The van der Waals surface area contributed by atoms with Gasteiger partial charge in [0.2, 0.25) is 10.0 Å². The van der Waals surface area contributed by atoms with Gasteiger partial charge in [-0.3, -0.25) is 0 Å². The minimum Gasteiger partial charge on any atom is -0.396 e. The summed E-state index contributed by atoms with van der Waals surface area (Å²) in [7, 11) is -3.42. The summed E-state index contributed by atoms with van der Waals surface area (Å²) in [5.41, 5.74) is 1.04. The van der Waals surface area contributed by atoms with Gasteiger partial charge < -0.3 is 5.11 Å². The van der Waals surface area contributed by atoms with E-state index >= 15 is 0 Å². The summed E-state index contributed by atoms with van der Waals surface area (Å²) in [6.45, 7) is 0.644. The molecule has 2 rings (SSSR count). The Morgan fingerprint density at radius 2 is 2.00 bits per heavy atom. The Morgan fingerprint density at radius 3 is 2.62 bits per heavy atom. The monoisotopic (exact) mass is 347 g/mol. The third-order valence-electron chi connectivity index (χ3n) is 3.24. The van der Waals surface area contributed by atoms with Crippen LogP contribution in [0.2, 0.25) is 0 Å². The maximum atomic E-state index is 12.2. The van der Waals surface area contributed by atoms with Crippen LogP contribution in [0.5, 0.6) is 0 Å². The van der Waals surface area contributed by atoms with Crippen LogP contribution in [0.25, 0.3) is 0 Å². The van der Waals surface area contributed by atoms with E-state index < -0.39 is 10.0 Å². The van der Waals surface area contributed by atoms with Crippen molar-refractivity contribution in [3.63, 3.8) is 0 Å². The first-order valence-electron chi connectivity index (χ1n) is 7.00. The van der Waals surface area contributed by atoms with Gasteiger partial charge in [0.15, 0.2) is 0 Å². The molecule has 1 aromatic carbocycles. The van der Waals surface area contributed by atoms with Gasteiger partial charge in [0.25, 0.3) is 0 Å². The minimum absolute atomic E-state index is 0.151. The first kappa shape index (κ1) is 17.1. The predicted molar refractivity (Wildman–Crippen MR) is 90.6 cm³/mol. The van der Waals surface area contributed by atoms with Gasteiger partial charge in [0.05, 0.1) is 4.90 Å².